The minimum Gasteiger partial charge on any atom is -0.339 e. The van der Waals surface area contributed by atoms with Crippen molar-refractivity contribution in [1.29, 1.82) is 0 Å². The lowest BCUT2D eigenvalue weighted by Crippen LogP contribution is -2.32. The molecule has 2 aromatic rings. The van der Waals surface area contributed by atoms with Crippen LogP contribution in [-0.2, 0) is 11.2 Å². The first kappa shape index (κ1) is 17.0. The van der Waals surface area contributed by atoms with Crippen LogP contribution in [0.2, 0.25) is 0 Å². The Morgan fingerprint density at radius 1 is 1.42 bits per heavy atom. The quantitative estimate of drug-likeness (QED) is 0.837. The van der Waals surface area contributed by atoms with Gasteiger partial charge < -0.3 is 9.42 Å². The molecular weight excluding hydrogens is 322 g/mol. The maximum atomic E-state index is 12.8. The molecule has 0 bridgehead atoms. The first-order valence-electron chi connectivity index (χ1n) is 8.43. The number of thioether (sulfide) groups is 1. The monoisotopic (exact) mass is 345 g/mol. The van der Waals surface area contributed by atoms with Crippen molar-refractivity contribution >= 4 is 23.4 Å². The topological polar surface area (TPSA) is 59.2 Å². The van der Waals surface area contributed by atoms with Crippen molar-refractivity contribution in [2.24, 2.45) is 0 Å². The Hall–Kier alpha value is -1.82. The number of para-hydroxylation sites is 1. The van der Waals surface area contributed by atoms with E-state index in [-0.39, 0.29) is 11.8 Å². The number of rotatable bonds is 4. The van der Waals surface area contributed by atoms with Gasteiger partial charge in [-0.3, -0.25) is 4.79 Å². The molecule has 0 unspecified atom stereocenters. The Bertz CT molecular complexity index is 714. The number of aromatic nitrogens is 2. The van der Waals surface area contributed by atoms with Gasteiger partial charge in [-0.1, -0.05) is 38.1 Å². The van der Waals surface area contributed by atoms with Crippen molar-refractivity contribution in [1.82, 2.24) is 10.1 Å². The first-order chi connectivity index (χ1) is 11.5. The zero-order valence-corrected chi connectivity index (χ0v) is 15.2. The maximum Gasteiger partial charge on any atom is 0.227 e. The van der Waals surface area contributed by atoms with Crippen LogP contribution in [0.3, 0.4) is 0 Å². The second kappa shape index (κ2) is 7.38. The minimum atomic E-state index is 0.112. The molecule has 0 radical (unpaired) electrons. The number of nitrogens with zero attached hydrogens (tertiary/aromatic N) is 3. The van der Waals surface area contributed by atoms with Crippen molar-refractivity contribution in [2.75, 3.05) is 11.4 Å². The maximum absolute atomic E-state index is 12.8. The normalized spacial score (nSPS) is 17.7. The van der Waals surface area contributed by atoms with Crippen LogP contribution in [0.1, 0.15) is 51.2 Å². The largest absolute Gasteiger partial charge is 0.339 e. The van der Waals surface area contributed by atoms with Crippen LogP contribution < -0.4 is 4.90 Å². The molecule has 128 valence electrons. The number of hydrogen-bond acceptors (Lipinski definition) is 5. The molecule has 0 saturated carbocycles. The minimum absolute atomic E-state index is 0.112. The lowest BCUT2D eigenvalue weighted by molar-refractivity contribution is -0.118. The van der Waals surface area contributed by atoms with Gasteiger partial charge in [0.05, 0.1) is 5.69 Å². The molecule has 0 fully saturated rings. The predicted octanol–water partition coefficient (Wildman–Crippen LogP) is 4.04. The second-order valence-corrected chi connectivity index (χ2v) is 7.91. The molecule has 24 heavy (non-hydrogen) atoms. The van der Waals surface area contributed by atoms with Gasteiger partial charge in [0.25, 0.3) is 0 Å². The summed E-state index contributed by atoms with van der Waals surface area (Å²) in [7, 11) is 0. The number of carbonyl (C=O) groups is 1. The van der Waals surface area contributed by atoms with E-state index in [1.54, 1.807) is 0 Å². The molecule has 0 spiro atoms. The van der Waals surface area contributed by atoms with Gasteiger partial charge in [-0.2, -0.15) is 4.98 Å². The highest BCUT2D eigenvalue weighted by Gasteiger charge is 2.24. The van der Waals surface area contributed by atoms with Gasteiger partial charge in [0.2, 0.25) is 11.8 Å². The van der Waals surface area contributed by atoms with Crippen molar-refractivity contribution in [3.8, 4) is 0 Å². The molecule has 1 aliphatic heterocycles. The third-order valence-corrected chi connectivity index (χ3v) is 5.33. The van der Waals surface area contributed by atoms with Gasteiger partial charge in [-0.15, -0.1) is 11.8 Å². The first-order valence-corrected chi connectivity index (χ1v) is 9.31. The van der Waals surface area contributed by atoms with E-state index < -0.39 is 0 Å². The second-order valence-electron chi connectivity index (χ2n) is 6.43. The highest BCUT2D eigenvalue weighted by Crippen LogP contribution is 2.37. The number of fused-ring (bicyclic) bond motifs is 1. The Labute approximate surface area is 146 Å². The van der Waals surface area contributed by atoms with Gasteiger partial charge in [0.15, 0.2) is 5.82 Å². The predicted molar refractivity (Wildman–Crippen MR) is 95.4 cm³/mol. The van der Waals surface area contributed by atoms with Crippen LogP contribution in [0.5, 0.6) is 0 Å². The van der Waals surface area contributed by atoms with Crippen LogP contribution in [0.25, 0.3) is 0 Å². The van der Waals surface area contributed by atoms with E-state index in [2.05, 4.69) is 23.1 Å². The smallest absolute Gasteiger partial charge is 0.227 e. The summed E-state index contributed by atoms with van der Waals surface area (Å²) in [5, 5.41) is 4.46. The Morgan fingerprint density at radius 2 is 2.21 bits per heavy atom. The zero-order valence-electron chi connectivity index (χ0n) is 14.4. The van der Waals surface area contributed by atoms with Crippen LogP contribution in [-0.4, -0.2) is 27.8 Å². The molecule has 1 amide bonds. The van der Waals surface area contributed by atoms with Crippen LogP contribution in [0, 0.1) is 0 Å². The molecule has 1 aromatic heterocycles. The molecule has 1 atom stereocenters. The summed E-state index contributed by atoms with van der Waals surface area (Å²) in [6, 6.07) is 8.14. The number of aryl methyl sites for hydroxylation is 1. The molecular formula is C18H23N3O2S. The lowest BCUT2D eigenvalue weighted by atomic mass is 10.2. The van der Waals surface area contributed by atoms with Gasteiger partial charge >= 0.3 is 0 Å². The number of anilines is 1. The summed E-state index contributed by atoms with van der Waals surface area (Å²) in [6.07, 6.45) is 1.86. The Kier molecular flexibility index (Phi) is 5.23. The van der Waals surface area contributed by atoms with E-state index in [0.29, 0.717) is 29.8 Å². The Balaban J connectivity index is 1.70. The number of amides is 1. The van der Waals surface area contributed by atoms with E-state index in [1.165, 1.54) is 4.90 Å². The summed E-state index contributed by atoms with van der Waals surface area (Å²) in [4.78, 5) is 20.2. The average molecular weight is 345 g/mol. The molecule has 1 aliphatic rings. The molecule has 0 saturated heterocycles. The lowest BCUT2D eigenvalue weighted by Gasteiger charge is -2.22. The third-order valence-electron chi connectivity index (χ3n) is 4.10. The summed E-state index contributed by atoms with van der Waals surface area (Å²) in [5.41, 5.74) is 1.02. The van der Waals surface area contributed by atoms with E-state index in [4.69, 9.17) is 4.52 Å². The van der Waals surface area contributed by atoms with Gasteiger partial charge in [-0.25, -0.2) is 0 Å². The summed E-state index contributed by atoms with van der Waals surface area (Å²) >= 11 is 1.84. The van der Waals surface area contributed by atoms with E-state index in [0.717, 1.165) is 18.7 Å². The number of benzene rings is 1. The van der Waals surface area contributed by atoms with Crippen molar-refractivity contribution in [3.05, 3.63) is 36.0 Å². The van der Waals surface area contributed by atoms with Gasteiger partial charge in [0.1, 0.15) is 0 Å². The summed E-state index contributed by atoms with van der Waals surface area (Å²) < 4.78 is 5.24. The fraction of sp³-hybridized carbons (Fsp3) is 0.500. The third kappa shape index (κ3) is 3.80. The van der Waals surface area contributed by atoms with Crippen LogP contribution in [0.15, 0.2) is 33.7 Å². The standard InChI is InChI=1S/C18H23N3O2S/c1-12(2)18-19-16(23-20-18)8-9-17(22)21-11-10-13(3)24-15-7-5-4-6-14(15)21/h4-7,12-13H,8-11H2,1-3H3/t13-/m1/s1. The van der Waals surface area contributed by atoms with Crippen molar-refractivity contribution < 1.29 is 9.32 Å². The molecule has 6 heteroatoms. The van der Waals surface area contributed by atoms with Crippen molar-refractivity contribution in [2.45, 2.75) is 56.1 Å². The number of carbonyl (C=O) groups excluding carboxylic acids is 1. The van der Waals surface area contributed by atoms with E-state index >= 15 is 0 Å². The summed E-state index contributed by atoms with van der Waals surface area (Å²) in [5.74, 6) is 1.58. The molecule has 0 aliphatic carbocycles. The SMILES string of the molecule is CC(C)c1noc(CCC(=O)N2CC[C@@H](C)Sc3ccccc32)n1. The van der Waals surface area contributed by atoms with Gasteiger partial charge in [0, 0.05) is 35.4 Å². The fourth-order valence-corrected chi connectivity index (χ4v) is 3.81. The fourth-order valence-electron chi connectivity index (χ4n) is 2.70. The highest BCUT2D eigenvalue weighted by molar-refractivity contribution is 8.00. The molecule has 2 heterocycles. The van der Waals surface area contributed by atoms with Crippen LogP contribution in [0.4, 0.5) is 5.69 Å². The van der Waals surface area contributed by atoms with Crippen LogP contribution >= 0.6 is 11.8 Å². The van der Waals surface area contributed by atoms with Gasteiger partial charge in [-0.05, 0) is 18.6 Å². The molecule has 3 rings (SSSR count). The molecule has 1 aromatic carbocycles. The van der Waals surface area contributed by atoms with E-state index in [1.807, 2.05) is 48.7 Å². The van der Waals surface area contributed by atoms with E-state index in [9.17, 15) is 4.79 Å². The zero-order chi connectivity index (χ0) is 17.1. The highest BCUT2D eigenvalue weighted by atomic mass is 32.2. The van der Waals surface area contributed by atoms with Crippen molar-refractivity contribution in [3.63, 3.8) is 0 Å². The molecule has 0 N–H and O–H groups in total. The summed E-state index contributed by atoms with van der Waals surface area (Å²) in [6.45, 7) is 7.01. The molecule has 5 nitrogen and oxygen atoms in total. The average Bonchev–Trinajstić information content (AvgIpc) is 2.97. The number of hydrogen-bond donors (Lipinski definition) is 0. The Morgan fingerprint density at radius 3 is 2.96 bits per heavy atom.